The van der Waals surface area contributed by atoms with Gasteiger partial charge in [0.1, 0.15) is 5.82 Å². The number of aryl methyl sites for hydroxylation is 1. The maximum absolute atomic E-state index is 9.85. The number of aromatic nitrogens is 2. The lowest BCUT2D eigenvalue weighted by Gasteiger charge is -2.09. The lowest BCUT2D eigenvalue weighted by Crippen LogP contribution is -2.02. The number of nitrogens with zero attached hydrogens (tertiary/aromatic N) is 2. The average molecular weight is 274 g/mol. The van der Waals surface area contributed by atoms with E-state index in [9.17, 15) is 5.11 Å². The zero-order chi connectivity index (χ0) is 14.1. The first kappa shape index (κ1) is 12.3. The highest BCUT2D eigenvalue weighted by molar-refractivity contribution is 5.66. The van der Waals surface area contributed by atoms with E-state index in [0.717, 1.165) is 5.69 Å². The number of nitrogens with one attached hydrogen (secondary N) is 2. The van der Waals surface area contributed by atoms with Crippen LogP contribution in [0.3, 0.4) is 0 Å². The third-order valence-corrected chi connectivity index (χ3v) is 2.82. The third kappa shape index (κ3) is 2.25. The fourth-order valence-electron chi connectivity index (χ4n) is 1.95. The van der Waals surface area contributed by atoms with Crippen molar-refractivity contribution in [3.63, 3.8) is 0 Å². The SMILES string of the molecule is CNc1cc(C)nc(Nc2cc(O)c3c(c2)OCO3)n1. The van der Waals surface area contributed by atoms with Crippen LogP contribution in [0.2, 0.25) is 0 Å². The fraction of sp³-hybridized carbons (Fsp3) is 0.231. The largest absolute Gasteiger partial charge is 0.504 e. The first-order valence-corrected chi connectivity index (χ1v) is 6.09. The van der Waals surface area contributed by atoms with Gasteiger partial charge in [-0.2, -0.15) is 4.98 Å². The van der Waals surface area contributed by atoms with E-state index in [0.29, 0.717) is 29.0 Å². The van der Waals surface area contributed by atoms with Gasteiger partial charge in [0.25, 0.3) is 0 Å². The van der Waals surface area contributed by atoms with Crippen LogP contribution in [0.1, 0.15) is 5.69 Å². The average Bonchev–Trinajstić information content (AvgIpc) is 2.86. The van der Waals surface area contributed by atoms with Crippen LogP contribution < -0.4 is 20.1 Å². The number of benzene rings is 1. The molecule has 0 fully saturated rings. The van der Waals surface area contributed by atoms with Gasteiger partial charge < -0.3 is 25.2 Å². The topological polar surface area (TPSA) is 88.5 Å². The first-order valence-electron chi connectivity index (χ1n) is 6.09. The van der Waals surface area contributed by atoms with Gasteiger partial charge in [-0.3, -0.25) is 0 Å². The maximum Gasteiger partial charge on any atom is 0.231 e. The number of anilines is 3. The van der Waals surface area contributed by atoms with Crippen LogP contribution in [0, 0.1) is 6.92 Å². The van der Waals surface area contributed by atoms with Gasteiger partial charge in [-0.15, -0.1) is 0 Å². The quantitative estimate of drug-likeness (QED) is 0.788. The normalized spacial score (nSPS) is 12.3. The minimum absolute atomic E-state index is 0.0176. The van der Waals surface area contributed by atoms with E-state index < -0.39 is 0 Å². The summed E-state index contributed by atoms with van der Waals surface area (Å²) in [6.45, 7) is 1.99. The molecule has 0 spiro atoms. The van der Waals surface area contributed by atoms with Gasteiger partial charge in [-0.05, 0) is 6.92 Å². The molecule has 1 aromatic carbocycles. The minimum Gasteiger partial charge on any atom is -0.504 e. The van der Waals surface area contributed by atoms with Crippen molar-refractivity contribution in [3.8, 4) is 17.2 Å². The Morgan fingerprint density at radius 1 is 1.20 bits per heavy atom. The van der Waals surface area contributed by atoms with Crippen LogP contribution >= 0.6 is 0 Å². The standard InChI is InChI=1S/C13H14N4O3/c1-7-3-11(14-2)17-13(15-7)16-8-4-9(18)12-10(5-8)19-6-20-12/h3-5,18H,6H2,1-2H3,(H2,14,15,16,17). The maximum atomic E-state index is 9.85. The van der Waals surface area contributed by atoms with Gasteiger partial charge in [0.2, 0.25) is 18.5 Å². The molecule has 0 unspecified atom stereocenters. The van der Waals surface area contributed by atoms with E-state index in [1.54, 1.807) is 13.1 Å². The van der Waals surface area contributed by atoms with Crippen LogP contribution in [0.5, 0.6) is 17.2 Å². The molecule has 0 bridgehead atoms. The highest BCUT2D eigenvalue weighted by atomic mass is 16.7. The van der Waals surface area contributed by atoms with Gasteiger partial charge >= 0.3 is 0 Å². The number of hydrogen-bond acceptors (Lipinski definition) is 7. The van der Waals surface area contributed by atoms with Gasteiger partial charge in [-0.1, -0.05) is 0 Å². The summed E-state index contributed by atoms with van der Waals surface area (Å²) < 4.78 is 10.4. The smallest absolute Gasteiger partial charge is 0.231 e. The Balaban J connectivity index is 1.92. The number of ether oxygens (including phenoxy) is 2. The lowest BCUT2D eigenvalue weighted by atomic mass is 10.2. The van der Waals surface area contributed by atoms with Gasteiger partial charge in [0.15, 0.2) is 11.5 Å². The molecule has 1 aliphatic heterocycles. The predicted molar refractivity (Wildman–Crippen MR) is 73.8 cm³/mol. The highest BCUT2D eigenvalue weighted by Crippen LogP contribution is 2.42. The number of rotatable bonds is 3. The third-order valence-electron chi connectivity index (χ3n) is 2.82. The molecule has 2 heterocycles. The second-order valence-electron chi connectivity index (χ2n) is 4.32. The molecule has 20 heavy (non-hydrogen) atoms. The summed E-state index contributed by atoms with van der Waals surface area (Å²) in [7, 11) is 1.79. The van der Waals surface area contributed by atoms with Gasteiger partial charge in [0.05, 0.1) is 0 Å². The molecule has 1 aliphatic rings. The Morgan fingerprint density at radius 2 is 2.05 bits per heavy atom. The zero-order valence-electron chi connectivity index (χ0n) is 11.1. The number of phenols is 1. The van der Waals surface area contributed by atoms with E-state index in [2.05, 4.69) is 20.6 Å². The van der Waals surface area contributed by atoms with Crippen LogP contribution in [0.4, 0.5) is 17.5 Å². The molecule has 3 rings (SSSR count). The van der Waals surface area contributed by atoms with Crippen molar-refractivity contribution in [1.82, 2.24) is 9.97 Å². The summed E-state index contributed by atoms with van der Waals surface area (Å²) in [6, 6.07) is 5.10. The molecule has 0 atom stereocenters. The molecule has 7 heteroatoms. The predicted octanol–water partition coefficient (Wildman–Crippen LogP) is 2.00. The number of phenolic OH excluding ortho intramolecular Hbond substituents is 1. The second kappa shape index (κ2) is 4.76. The molecule has 3 N–H and O–H groups in total. The molecule has 0 radical (unpaired) electrons. The molecule has 0 aliphatic carbocycles. The van der Waals surface area contributed by atoms with Crippen molar-refractivity contribution >= 4 is 17.5 Å². The first-order chi connectivity index (χ1) is 9.65. The Labute approximate surface area is 115 Å². The molecular formula is C13H14N4O3. The number of hydrogen-bond donors (Lipinski definition) is 3. The van der Waals surface area contributed by atoms with E-state index in [4.69, 9.17) is 9.47 Å². The van der Waals surface area contributed by atoms with Crippen molar-refractivity contribution in [2.75, 3.05) is 24.5 Å². The summed E-state index contributed by atoms with van der Waals surface area (Å²) in [5.41, 5.74) is 1.45. The summed E-state index contributed by atoms with van der Waals surface area (Å²) in [5.74, 6) is 2.02. The molecule has 0 saturated carbocycles. The molecule has 1 aromatic heterocycles. The zero-order valence-corrected chi connectivity index (χ0v) is 11.1. The summed E-state index contributed by atoms with van der Waals surface area (Å²) in [4.78, 5) is 8.57. The van der Waals surface area contributed by atoms with E-state index >= 15 is 0 Å². The van der Waals surface area contributed by atoms with Crippen LogP contribution in [0.15, 0.2) is 18.2 Å². The Bertz CT molecular complexity index is 660. The van der Waals surface area contributed by atoms with Gasteiger partial charge in [-0.25, -0.2) is 4.98 Å². The molecule has 0 amide bonds. The molecule has 0 saturated heterocycles. The van der Waals surface area contributed by atoms with E-state index in [1.807, 2.05) is 13.0 Å². The monoisotopic (exact) mass is 274 g/mol. The molecular weight excluding hydrogens is 260 g/mol. The lowest BCUT2D eigenvalue weighted by molar-refractivity contribution is 0.171. The summed E-state index contributed by atoms with van der Waals surface area (Å²) in [5, 5.41) is 15.8. The van der Waals surface area contributed by atoms with Crippen LogP contribution in [-0.2, 0) is 0 Å². The van der Waals surface area contributed by atoms with Crippen molar-refractivity contribution < 1.29 is 14.6 Å². The van der Waals surface area contributed by atoms with Crippen molar-refractivity contribution in [1.29, 1.82) is 0 Å². The summed E-state index contributed by atoms with van der Waals surface area (Å²) >= 11 is 0. The Morgan fingerprint density at radius 3 is 2.85 bits per heavy atom. The summed E-state index contributed by atoms with van der Waals surface area (Å²) in [6.07, 6.45) is 0. The Hall–Kier alpha value is -2.70. The molecule has 104 valence electrons. The minimum atomic E-state index is 0.0176. The van der Waals surface area contributed by atoms with Crippen molar-refractivity contribution in [3.05, 3.63) is 23.9 Å². The fourth-order valence-corrected chi connectivity index (χ4v) is 1.95. The molecule has 2 aromatic rings. The highest BCUT2D eigenvalue weighted by Gasteiger charge is 2.19. The van der Waals surface area contributed by atoms with Crippen molar-refractivity contribution in [2.24, 2.45) is 0 Å². The van der Waals surface area contributed by atoms with E-state index in [-0.39, 0.29) is 12.5 Å². The van der Waals surface area contributed by atoms with Crippen LogP contribution in [-0.4, -0.2) is 28.9 Å². The van der Waals surface area contributed by atoms with E-state index in [1.165, 1.54) is 6.07 Å². The number of fused-ring (bicyclic) bond motifs is 1. The van der Waals surface area contributed by atoms with Crippen molar-refractivity contribution in [2.45, 2.75) is 6.92 Å². The number of aromatic hydroxyl groups is 1. The molecule has 7 nitrogen and oxygen atoms in total. The van der Waals surface area contributed by atoms with Gasteiger partial charge in [0, 0.05) is 36.6 Å². The Kier molecular flexibility index (Phi) is 2.94. The van der Waals surface area contributed by atoms with Crippen LogP contribution in [0.25, 0.3) is 0 Å². The second-order valence-corrected chi connectivity index (χ2v) is 4.32.